The van der Waals surface area contributed by atoms with Crippen LogP contribution in [0.3, 0.4) is 0 Å². The van der Waals surface area contributed by atoms with Crippen molar-refractivity contribution in [3.63, 3.8) is 0 Å². The zero-order valence-corrected chi connectivity index (χ0v) is 15.0. The molecule has 0 bridgehead atoms. The Hall–Kier alpha value is -2.92. The molecule has 0 aliphatic heterocycles. The molecule has 1 aromatic carbocycles. The van der Waals surface area contributed by atoms with Crippen LogP contribution in [0.5, 0.6) is 0 Å². The number of aliphatic carboxylic acids is 1. The zero-order valence-electron chi connectivity index (χ0n) is 14.2. The van der Waals surface area contributed by atoms with Crippen LogP contribution in [0.15, 0.2) is 29.6 Å². The summed E-state index contributed by atoms with van der Waals surface area (Å²) < 4.78 is 1.07. The molecule has 7 nitrogen and oxygen atoms in total. The zero-order chi connectivity index (χ0) is 19.1. The summed E-state index contributed by atoms with van der Waals surface area (Å²) >= 11 is 1.54. The number of nitrogens with one attached hydrogen (secondary N) is 2. The van der Waals surface area contributed by atoms with Gasteiger partial charge in [-0.25, -0.2) is 0 Å². The minimum Gasteiger partial charge on any atom is -0.481 e. The molecular weight excluding hydrogens is 354 g/mol. The van der Waals surface area contributed by atoms with Gasteiger partial charge in [0.25, 0.3) is 0 Å². The van der Waals surface area contributed by atoms with Gasteiger partial charge in [0.1, 0.15) is 12.1 Å². The Bertz CT molecular complexity index is 855. The first-order chi connectivity index (χ1) is 12.4. The molecular formula is C18H19N3O4S. The first kappa shape index (κ1) is 19.4. The van der Waals surface area contributed by atoms with Gasteiger partial charge in [-0.1, -0.05) is 18.2 Å². The monoisotopic (exact) mass is 373 g/mol. The van der Waals surface area contributed by atoms with Crippen molar-refractivity contribution >= 4 is 39.2 Å². The van der Waals surface area contributed by atoms with E-state index >= 15 is 0 Å². The van der Waals surface area contributed by atoms with Crippen LogP contribution >= 0.6 is 11.3 Å². The molecule has 26 heavy (non-hydrogen) atoms. The van der Waals surface area contributed by atoms with Crippen LogP contribution in [0.4, 0.5) is 0 Å². The number of hydrogen-bond acceptors (Lipinski definition) is 5. The summed E-state index contributed by atoms with van der Waals surface area (Å²) in [5.74, 6) is -2.07. The summed E-state index contributed by atoms with van der Waals surface area (Å²) in [5, 5.41) is 25.6. The molecule has 2 unspecified atom stereocenters. The van der Waals surface area contributed by atoms with Crippen LogP contribution in [-0.4, -0.2) is 35.0 Å². The highest BCUT2D eigenvalue weighted by molar-refractivity contribution is 7.17. The van der Waals surface area contributed by atoms with Crippen molar-refractivity contribution in [2.45, 2.75) is 38.3 Å². The number of carboxylic acid groups (broad SMARTS) is 1. The van der Waals surface area contributed by atoms with Gasteiger partial charge < -0.3 is 15.7 Å². The van der Waals surface area contributed by atoms with Crippen LogP contribution in [-0.2, 0) is 20.8 Å². The summed E-state index contributed by atoms with van der Waals surface area (Å²) in [6.45, 7) is 1.54. The van der Waals surface area contributed by atoms with Crippen LogP contribution in [0.1, 0.15) is 25.3 Å². The van der Waals surface area contributed by atoms with Crippen molar-refractivity contribution in [2.75, 3.05) is 0 Å². The number of fused-ring (bicyclic) bond motifs is 1. The van der Waals surface area contributed by atoms with Crippen molar-refractivity contribution in [2.24, 2.45) is 0 Å². The van der Waals surface area contributed by atoms with Gasteiger partial charge in [0.2, 0.25) is 11.8 Å². The molecule has 2 atom stereocenters. The Morgan fingerprint density at radius 3 is 2.65 bits per heavy atom. The maximum Gasteiger partial charge on any atom is 0.303 e. The first-order valence-electron chi connectivity index (χ1n) is 8.07. The minimum absolute atomic E-state index is 0.211. The maximum atomic E-state index is 12.5. The minimum atomic E-state index is -1.08. The highest BCUT2D eigenvalue weighted by Gasteiger charge is 2.24. The fraction of sp³-hybridized carbons (Fsp3) is 0.333. The highest BCUT2D eigenvalue weighted by atomic mass is 32.1. The molecule has 1 heterocycles. The molecule has 0 radical (unpaired) electrons. The van der Waals surface area contributed by atoms with E-state index in [-0.39, 0.29) is 19.3 Å². The number of amides is 2. The van der Waals surface area contributed by atoms with Crippen molar-refractivity contribution in [1.82, 2.24) is 10.6 Å². The lowest BCUT2D eigenvalue weighted by atomic mass is 10.0. The predicted molar refractivity (Wildman–Crippen MR) is 97.5 cm³/mol. The van der Waals surface area contributed by atoms with E-state index in [9.17, 15) is 14.4 Å². The normalized spacial score (nSPS) is 12.8. The van der Waals surface area contributed by atoms with Crippen LogP contribution in [0, 0.1) is 11.3 Å². The van der Waals surface area contributed by atoms with Gasteiger partial charge in [0.05, 0.1) is 12.5 Å². The standard InChI is InChI=1S/C18H19N3O4S/c1-11(9-19)20-18(25)14(21-16(22)6-7-17(23)24)8-12-10-26-15-5-3-2-4-13(12)15/h2-5,10-11,14H,6-8H2,1H3,(H,20,25)(H,21,22)(H,23,24). The molecule has 2 rings (SSSR count). The SMILES string of the molecule is CC(C#N)NC(=O)C(Cc1csc2ccccc12)NC(=O)CCC(=O)O. The van der Waals surface area contributed by atoms with Crippen molar-refractivity contribution in [3.05, 3.63) is 35.2 Å². The molecule has 2 amide bonds. The van der Waals surface area contributed by atoms with E-state index in [4.69, 9.17) is 10.4 Å². The Morgan fingerprint density at radius 1 is 1.23 bits per heavy atom. The third kappa shape index (κ3) is 5.29. The van der Waals surface area contributed by atoms with Gasteiger partial charge in [0.15, 0.2) is 0 Å². The van der Waals surface area contributed by atoms with E-state index in [1.165, 1.54) is 0 Å². The fourth-order valence-corrected chi connectivity index (χ4v) is 3.43. The van der Waals surface area contributed by atoms with Gasteiger partial charge >= 0.3 is 5.97 Å². The molecule has 0 aliphatic carbocycles. The largest absolute Gasteiger partial charge is 0.481 e. The summed E-state index contributed by atoms with van der Waals surface area (Å²) in [7, 11) is 0. The number of nitrogens with zero attached hydrogens (tertiary/aromatic N) is 1. The lowest BCUT2D eigenvalue weighted by Crippen LogP contribution is -2.50. The number of carbonyl (C=O) groups excluding carboxylic acids is 2. The highest BCUT2D eigenvalue weighted by Crippen LogP contribution is 2.26. The number of benzene rings is 1. The molecule has 0 fully saturated rings. The second-order valence-corrected chi connectivity index (χ2v) is 6.75. The molecule has 0 spiro atoms. The number of nitriles is 1. The van der Waals surface area contributed by atoms with Gasteiger partial charge in [0, 0.05) is 17.5 Å². The smallest absolute Gasteiger partial charge is 0.303 e. The van der Waals surface area contributed by atoms with Gasteiger partial charge in [-0.3, -0.25) is 14.4 Å². The average Bonchev–Trinajstić information content (AvgIpc) is 3.02. The number of rotatable bonds is 8. The van der Waals surface area contributed by atoms with Crippen molar-refractivity contribution < 1.29 is 19.5 Å². The first-order valence-corrected chi connectivity index (χ1v) is 8.95. The Morgan fingerprint density at radius 2 is 1.96 bits per heavy atom. The summed E-state index contributed by atoms with van der Waals surface area (Å²) in [5.41, 5.74) is 0.911. The number of hydrogen-bond donors (Lipinski definition) is 3. The van der Waals surface area contributed by atoms with Crippen LogP contribution in [0.2, 0.25) is 0 Å². The summed E-state index contributed by atoms with van der Waals surface area (Å²) in [4.78, 5) is 35.1. The Labute approximate surface area is 154 Å². The molecule has 8 heteroatoms. The van der Waals surface area contributed by atoms with E-state index in [0.717, 1.165) is 15.6 Å². The third-order valence-corrected chi connectivity index (χ3v) is 4.77. The van der Waals surface area contributed by atoms with E-state index in [1.807, 2.05) is 35.7 Å². The second kappa shape index (κ2) is 8.97. The average molecular weight is 373 g/mol. The maximum absolute atomic E-state index is 12.5. The van der Waals surface area contributed by atoms with Gasteiger partial charge in [-0.15, -0.1) is 11.3 Å². The lowest BCUT2D eigenvalue weighted by molar-refractivity contribution is -0.139. The van der Waals surface area contributed by atoms with E-state index in [1.54, 1.807) is 18.3 Å². The number of thiophene rings is 1. The van der Waals surface area contributed by atoms with Gasteiger partial charge in [-0.05, 0) is 29.3 Å². The number of carboxylic acids is 1. The molecule has 0 saturated heterocycles. The third-order valence-electron chi connectivity index (χ3n) is 3.76. The van der Waals surface area contributed by atoms with Crippen LogP contribution in [0.25, 0.3) is 10.1 Å². The quantitative estimate of drug-likeness (QED) is 0.652. The molecule has 3 N–H and O–H groups in total. The lowest BCUT2D eigenvalue weighted by Gasteiger charge is -2.19. The topological polar surface area (TPSA) is 119 Å². The van der Waals surface area contributed by atoms with Crippen molar-refractivity contribution in [1.29, 1.82) is 5.26 Å². The van der Waals surface area contributed by atoms with E-state index < -0.39 is 29.9 Å². The fourth-order valence-electron chi connectivity index (χ4n) is 2.45. The number of carbonyl (C=O) groups is 3. The summed E-state index contributed by atoms with van der Waals surface area (Å²) in [6.07, 6.45) is -0.264. The Balaban J connectivity index is 2.16. The van der Waals surface area contributed by atoms with Gasteiger partial charge in [-0.2, -0.15) is 5.26 Å². The molecule has 0 saturated carbocycles. The Kier molecular flexibility index (Phi) is 6.69. The van der Waals surface area contributed by atoms with Crippen molar-refractivity contribution in [3.8, 4) is 6.07 Å². The van der Waals surface area contributed by atoms with E-state index in [2.05, 4.69) is 10.6 Å². The molecule has 2 aromatic rings. The van der Waals surface area contributed by atoms with Crippen LogP contribution < -0.4 is 10.6 Å². The second-order valence-electron chi connectivity index (χ2n) is 5.83. The van der Waals surface area contributed by atoms with E-state index in [0.29, 0.717) is 0 Å². The molecule has 1 aromatic heterocycles. The molecule has 0 aliphatic rings. The molecule has 136 valence electrons. The predicted octanol–water partition coefficient (Wildman–Crippen LogP) is 1.82. The summed E-state index contributed by atoms with van der Waals surface area (Å²) in [6, 6.07) is 8.08.